The first-order chi connectivity index (χ1) is 11.0. The minimum absolute atomic E-state index is 0.154. The van der Waals surface area contributed by atoms with Crippen LogP contribution in [0, 0.1) is 5.92 Å². The lowest BCUT2D eigenvalue weighted by molar-refractivity contribution is -0.128. The zero-order valence-electron chi connectivity index (χ0n) is 13.4. The SMILES string of the molecule is CNCC(C)C(=O)NC1CCN(c2sccc2C(=O)OC)C1=O. The lowest BCUT2D eigenvalue weighted by atomic mass is 10.1. The number of anilines is 1. The molecule has 1 aromatic rings. The van der Waals surface area contributed by atoms with Crippen LogP contribution in [0.25, 0.3) is 0 Å². The van der Waals surface area contributed by atoms with Crippen LogP contribution in [0.5, 0.6) is 0 Å². The summed E-state index contributed by atoms with van der Waals surface area (Å²) < 4.78 is 4.73. The van der Waals surface area contributed by atoms with Crippen molar-refractivity contribution >= 4 is 34.1 Å². The molecule has 0 aromatic carbocycles. The van der Waals surface area contributed by atoms with Gasteiger partial charge >= 0.3 is 5.97 Å². The maximum atomic E-state index is 12.5. The average molecular weight is 339 g/mol. The van der Waals surface area contributed by atoms with Crippen LogP contribution < -0.4 is 15.5 Å². The first-order valence-electron chi connectivity index (χ1n) is 7.41. The molecule has 0 radical (unpaired) electrons. The van der Waals surface area contributed by atoms with E-state index in [1.807, 2.05) is 0 Å². The molecule has 2 rings (SSSR count). The van der Waals surface area contributed by atoms with Crippen LogP contribution in [0.1, 0.15) is 23.7 Å². The molecule has 8 heteroatoms. The second-order valence-corrected chi connectivity index (χ2v) is 6.32. The van der Waals surface area contributed by atoms with Gasteiger partial charge in [0.2, 0.25) is 11.8 Å². The highest BCUT2D eigenvalue weighted by atomic mass is 32.1. The summed E-state index contributed by atoms with van der Waals surface area (Å²) in [5.74, 6) is -1.03. The van der Waals surface area contributed by atoms with Crippen molar-refractivity contribution in [3.63, 3.8) is 0 Å². The van der Waals surface area contributed by atoms with Crippen molar-refractivity contribution in [2.24, 2.45) is 5.92 Å². The minimum atomic E-state index is -0.547. The molecule has 0 aliphatic carbocycles. The van der Waals surface area contributed by atoms with E-state index in [2.05, 4.69) is 10.6 Å². The first-order valence-corrected chi connectivity index (χ1v) is 8.29. The number of methoxy groups -OCH3 is 1. The summed E-state index contributed by atoms with van der Waals surface area (Å²) in [6.07, 6.45) is 0.523. The summed E-state index contributed by atoms with van der Waals surface area (Å²) in [4.78, 5) is 37.9. The molecule has 1 aromatic heterocycles. The van der Waals surface area contributed by atoms with E-state index >= 15 is 0 Å². The Kier molecular flexibility index (Phi) is 5.73. The molecular formula is C15H21N3O4S. The molecule has 23 heavy (non-hydrogen) atoms. The molecule has 2 unspecified atom stereocenters. The molecule has 2 heterocycles. The Hall–Kier alpha value is -1.93. The third-order valence-electron chi connectivity index (χ3n) is 3.78. The number of ether oxygens (including phenoxy) is 1. The van der Waals surface area contributed by atoms with Gasteiger partial charge in [-0.05, 0) is 24.9 Å². The summed E-state index contributed by atoms with van der Waals surface area (Å²) in [7, 11) is 3.08. The topological polar surface area (TPSA) is 87.7 Å². The van der Waals surface area contributed by atoms with Gasteiger partial charge in [-0.15, -0.1) is 11.3 Å². The van der Waals surface area contributed by atoms with Crippen LogP contribution in [0.4, 0.5) is 5.00 Å². The lowest BCUT2D eigenvalue weighted by Gasteiger charge is -2.18. The van der Waals surface area contributed by atoms with Crippen molar-refractivity contribution in [3.8, 4) is 0 Å². The quantitative estimate of drug-likeness (QED) is 0.742. The van der Waals surface area contributed by atoms with Gasteiger partial charge < -0.3 is 20.3 Å². The van der Waals surface area contributed by atoms with E-state index < -0.39 is 12.0 Å². The molecule has 0 saturated carbocycles. The van der Waals surface area contributed by atoms with Gasteiger partial charge in [0.1, 0.15) is 11.0 Å². The summed E-state index contributed by atoms with van der Waals surface area (Å²) in [6.45, 7) is 2.82. The Morgan fingerprint density at radius 3 is 2.91 bits per heavy atom. The number of thiophene rings is 1. The number of nitrogens with one attached hydrogen (secondary N) is 2. The number of rotatable bonds is 6. The highest BCUT2D eigenvalue weighted by Gasteiger charge is 2.36. The number of esters is 1. The van der Waals surface area contributed by atoms with Crippen molar-refractivity contribution in [1.29, 1.82) is 0 Å². The number of amides is 2. The van der Waals surface area contributed by atoms with E-state index in [-0.39, 0.29) is 17.7 Å². The molecule has 126 valence electrons. The summed E-state index contributed by atoms with van der Waals surface area (Å²) in [5, 5.41) is 8.04. The Balaban J connectivity index is 2.06. The predicted molar refractivity (Wildman–Crippen MR) is 87.6 cm³/mol. The van der Waals surface area contributed by atoms with Crippen LogP contribution in [0.2, 0.25) is 0 Å². The van der Waals surface area contributed by atoms with E-state index in [4.69, 9.17) is 4.74 Å². The molecule has 2 N–H and O–H groups in total. The first kappa shape index (κ1) is 17.4. The average Bonchev–Trinajstić information content (AvgIpc) is 3.14. The van der Waals surface area contributed by atoms with Crippen LogP contribution in [0.3, 0.4) is 0 Å². The van der Waals surface area contributed by atoms with Gasteiger partial charge in [0, 0.05) is 19.0 Å². The maximum absolute atomic E-state index is 12.5. The van der Waals surface area contributed by atoms with Crippen LogP contribution in [-0.2, 0) is 14.3 Å². The molecule has 1 aliphatic heterocycles. The second-order valence-electron chi connectivity index (χ2n) is 5.43. The molecule has 0 spiro atoms. The van der Waals surface area contributed by atoms with Crippen molar-refractivity contribution in [2.45, 2.75) is 19.4 Å². The van der Waals surface area contributed by atoms with Gasteiger partial charge in [-0.25, -0.2) is 4.79 Å². The predicted octanol–water partition coefficient (Wildman–Crippen LogP) is 0.612. The fourth-order valence-electron chi connectivity index (χ4n) is 2.50. The third-order valence-corrected chi connectivity index (χ3v) is 4.71. The lowest BCUT2D eigenvalue weighted by Crippen LogP contribution is -2.45. The number of nitrogens with zero attached hydrogens (tertiary/aromatic N) is 1. The van der Waals surface area contributed by atoms with Gasteiger partial charge in [0.25, 0.3) is 0 Å². The van der Waals surface area contributed by atoms with Crippen molar-refractivity contribution in [2.75, 3.05) is 32.1 Å². The molecule has 2 amide bonds. The smallest absolute Gasteiger partial charge is 0.340 e. The molecule has 1 fully saturated rings. The molecule has 1 aliphatic rings. The minimum Gasteiger partial charge on any atom is -0.465 e. The highest BCUT2D eigenvalue weighted by molar-refractivity contribution is 7.14. The Bertz CT molecular complexity index is 601. The molecule has 1 saturated heterocycles. The zero-order chi connectivity index (χ0) is 17.0. The number of hydrogen-bond donors (Lipinski definition) is 2. The monoisotopic (exact) mass is 339 g/mol. The standard InChI is InChI=1S/C15H21N3O4S/c1-9(8-16-2)12(19)17-11-4-6-18(13(11)20)14-10(5-7-23-14)15(21)22-3/h5,7,9,11,16H,4,6,8H2,1-3H3,(H,17,19). The Labute approximate surface area is 139 Å². The van der Waals surface area contributed by atoms with E-state index in [0.29, 0.717) is 30.1 Å². The molecule has 2 atom stereocenters. The number of carbonyl (C=O) groups is 3. The van der Waals surface area contributed by atoms with Gasteiger partial charge in [-0.3, -0.25) is 9.59 Å². The van der Waals surface area contributed by atoms with Crippen LogP contribution in [0.15, 0.2) is 11.4 Å². The molecule has 7 nitrogen and oxygen atoms in total. The van der Waals surface area contributed by atoms with E-state index in [0.717, 1.165) is 0 Å². The van der Waals surface area contributed by atoms with Gasteiger partial charge in [-0.1, -0.05) is 6.92 Å². The van der Waals surface area contributed by atoms with E-state index in [1.165, 1.54) is 18.4 Å². The van der Waals surface area contributed by atoms with E-state index in [1.54, 1.807) is 30.3 Å². The maximum Gasteiger partial charge on any atom is 0.340 e. The molecule has 0 bridgehead atoms. The highest BCUT2D eigenvalue weighted by Crippen LogP contribution is 2.31. The summed E-state index contributed by atoms with van der Waals surface area (Å²) >= 11 is 1.31. The van der Waals surface area contributed by atoms with Gasteiger partial charge in [0.15, 0.2) is 0 Å². The fraction of sp³-hybridized carbons (Fsp3) is 0.533. The Morgan fingerprint density at radius 1 is 1.52 bits per heavy atom. The number of hydrogen-bond acceptors (Lipinski definition) is 6. The van der Waals surface area contributed by atoms with Crippen molar-refractivity contribution < 1.29 is 19.1 Å². The fourth-order valence-corrected chi connectivity index (χ4v) is 3.42. The number of carbonyl (C=O) groups excluding carboxylic acids is 3. The molecular weight excluding hydrogens is 318 g/mol. The summed E-state index contributed by atoms with van der Waals surface area (Å²) in [5.41, 5.74) is 0.376. The van der Waals surface area contributed by atoms with E-state index in [9.17, 15) is 14.4 Å². The van der Waals surface area contributed by atoms with Crippen LogP contribution >= 0.6 is 11.3 Å². The Morgan fingerprint density at radius 2 is 2.26 bits per heavy atom. The zero-order valence-corrected chi connectivity index (χ0v) is 14.2. The van der Waals surface area contributed by atoms with Crippen LogP contribution in [-0.4, -0.2) is 51.1 Å². The second kappa shape index (κ2) is 7.56. The normalized spacial score (nSPS) is 18.8. The van der Waals surface area contributed by atoms with Crippen molar-refractivity contribution in [3.05, 3.63) is 17.0 Å². The third kappa shape index (κ3) is 3.70. The van der Waals surface area contributed by atoms with Crippen molar-refractivity contribution in [1.82, 2.24) is 10.6 Å². The largest absolute Gasteiger partial charge is 0.465 e. The summed E-state index contributed by atoms with van der Waals surface area (Å²) in [6, 6.07) is 1.09. The van der Waals surface area contributed by atoms with Gasteiger partial charge in [-0.2, -0.15) is 0 Å². The van der Waals surface area contributed by atoms with Gasteiger partial charge in [0.05, 0.1) is 12.7 Å².